The van der Waals surface area contributed by atoms with Crippen molar-refractivity contribution in [3.8, 4) is 6.07 Å². The van der Waals surface area contributed by atoms with Crippen LogP contribution in [0.4, 0.5) is 5.82 Å². The van der Waals surface area contributed by atoms with Crippen LogP contribution in [0.15, 0.2) is 11.4 Å². The molecule has 0 saturated heterocycles. The van der Waals surface area contributed by atoms with E-state index in [0.717, 1.165) is 17.3 Å². The quantitative estimate of drug-likeness (QED) is 0.480. The van der Waals surface area contributed by atoms with Crippen LogP contribution in [0.1, 0.15) is 12.5 Å². The number of hydrogen-bond donors (Lipinski definition) is 1. The van der Waals surface area contributed by atoms with Crippen molar-refractivity contribution in [3.63, 3.8) is 0 Å². The van der Waals surface area contributed by atoms with Crippen molar-refractivity contribution in [2.24, 2.45) is 0 Å². The molecule has 0 bridgehead atoms. The van der Waals surface area contributed by atoms with Gasteiger partial charge in [-0.2, -0.15) is 17.0 Å². The van der Waals surface area contributed by atoms with E-state index in [4.69, 9.17) is 11.0 Å². The van der Waals surface area contributed by atoms with Gasteiger partial charge in [-0.25, -0.2) is 9.97 Å². The summed E-state index contributed by atoms with van der Waals surface area (Å²) in [5.41, 5.74) is 5.91. The highest BCUT2D eigenvalue weighted by atomic mass is 32.2. The number of anilines is 1. The molecule has 0 radical (unpaired) electrons. The highest BCUT2D eigenvalue weighted by Gasteiger charge is 2.03. The number of hydrogen-bond acceptors (Lipinski definition) is 6. The van der Waals surface area contributed by atoms with Gasteiger partial charge in [-0.15, -0.1) is 0 Å². The molecular formula is C9H12N4S2. The summed E-state index contributed by atoms with van der Waals surface area (Å²) in [6, 6.07) is 1.94. The van der Waals surface area contributed by atoms with Gasteiger partial charge in [0.2, 0.25) is 0 Å². The fraction of sp³-hybridized carbons (Fsp3) is 0.444. The average molecular weight is 240 g/mol. The molecule has 0 spiro atoms. The van der Waals surface area contributed by atoms with Crippen molar-refractivity contribution in [2.45, 2.75) is 12.1 Å². The van der Waals surface area contributed by atoms with E-state index >= 15 is 0 Å². The Hall–Kier alpha value is -0.930. The monoisotopic (exact) mass is 240 g/mol. The molecule has 15 heavy (non-hydrogen) atoms. The van der Waals surface area contributed by atoms with Crippen molar-refractivity contribution in [2.75, 3.05) is 23.0 Å². The molecule has 0 aliphatic heterocycles. The molecule has 80 valence electrons. The van der Waals surface area contributed by atoms with Crippen LogP contribution in [0, 0.1) is 11.3 Å². The van der Waals surface area contributed by atoms with E-state index in [9.17, 15) is 0 Å². The van der Waals surface area contributed by atoms with Crippen LogP contribution in [-0.2, 0) is 0 Å². The van der Waals surface area contributed by atoms with E-state index in [1.54, 1.807) is 11.8 Å². The zero-order chi connectivity index (χ0) is 11.1. The Kier molecular flexibility index (Phi) is 5.29. The SMILES string of the molecule is CCSCCSc1ncc(C#N)c(N)n1. The van der Waals surface area contributed by atoms with Crippen LogP contribution in [0.25, 0.3) is 0 Å². The van der Waals surface area contributed by atoms with Crippen molar-refractivity contribution >= 4 is 29.3 Å². The van der Waals surface area contributed by atoms with Gasteiger partial charge in [0.15, 0.2) is 5.16 Å². The lowest BCUT2D eigenvalue weighted by Gasteiger charge is -2.01. The van der Waals surface area contributed by atoms with Gasteiger partial charge in [-0.05, 0) is 5.75 Å². The Morgan fingerprint density at radius 1 is 1.53 bits per heavy atom. The number of nitriles is 1. The summed E-state index contributed by atoms with van der Waals surface area (Å²) in [5, 5.41) is 9.28. The van der Waals surface area contributed by atoms with Gasteiger partial charge in [0, 0.05) is 11.5 Å². The Bertz CT molecular complexity index is 362. The molecule has 2 N–H and O–H groups in total. The summed E-state index contributed by atoms with van der Waals surface area (Å²) in [5.74, 6) is 3.42. The Morgan fingerprint density at radius 3 is 2.93 bits per heavy atom. The first-order valence-electron chi connectivity index (χ1n) is 4.51. The number of nitrogen functional groups attached to an aromatic ring is 1. The van der Waals surface area contributed by atoms with Crippen LogP contribution in [0.2, 0.25) is 0 Å². The molecule has 6 heteroatoms. The van der Waals surface area contributed by atoms with Crippen molar-refractivity contribution in [1.29, 1.82) is 5.26 Å². The Labute approximate surface area is 97.7 Å². The largest absolute Gasteiger partial charge is 0.382 e. The second-order valence-corrected chi connectivity index (χ2v) is 5.06. The molecule has 0 aliphatic rings. The second kappa shape index (κ2) is 6.53. The molecule has 1 aromatic rings. The second-order valence-electron chi connectivity index (χ2n) is 2.61. The van der Waals surface area contributed by atoms with Gasteiger partial charge >= 0.3 is 0 Å². The molecule has 0 amide bonds. The van der Waals surface area contributed by atoms with E-state index in [0.29, 0.717) is 10.7 Å². The maximum absolute atomic E-state index is 8.64. The van der Waals surface area contributed by atoms with Gasteiger partial charge in [-0.1, -0.05) is 18.7 Å². The van der Waals surface area contributed by atoms with Gasteiger partial charge in [0.1, 0.15) is 17.5 Å². The number of nitrogens with zero attached hydrogens (tertiary/aromatic N) is 3. The van der Waals surface area contributed by atoms with E-state index in [2.05, 4.69) is 16.9 Å². The standard InChI is InChI=1S/C9H12N4S2/c1-2-14-3-4-15-9-12-6-7(5-10)8(11)13-9/h6H,2-4H2,1H3,(H2,11,12,13). The lowest BCUT2D eigenvalue weighted by atomic mass is 10.3. The number of nitrogens with two attached hydrogens (primary N) is 1. The normalized spacial score (nSPS) is 9.87. The van der Waals surface area contributed by atoms with Crippen molar-refractivity contribution in [3.05, 3.63) is 11.8 Å². The third kappa shape index (κ3) is 3.98. The van der Waals surface area contributed by atoms with E-state index in [1.165, 1.54) is 6.20 Å². The molecule has 0 aromatic carbocycles. The summed E-state index contributed by atoms with van der Waals surface area (Å²) < 4.78 is 0. The fourth-order valence-corrected chi connectivity index (χ4v) is 2.44. The molecule has 0 unspecified atom stereocenters. The van der Waals surface area contributed by atoms with Gasteiger partial charge in [-0.3, -0.25) is 0 Å². The van der Waals surface area contributed by atoms with Crippen LogP contribution in [0.5, 0.6) is 0 Å². The maximum atomic E-state index is 8.64. The Morgan fingerprint density at radius 2 is 2.33 bits per heavy atom. The minimum Gasteiger partial charge on any atom is -0.382 e. The Balaban J connectivity index is 2.49. The molecule has 1 rings (SSSR count). The van der Waals surface area contributed by atoms with Gasteiger partial charge in [0.25, 0.3) is 0 Å². The van der Waals surface area contributed by atoms with Crippen LogP contribution >= 0.6 is 23.5 Å². The number of thioether (sulfide) groups is 2. The zero-order valence-electron chi connectivity index (χ0n) is 8.43. The average Bonchev–Trinajstić information content (AvgIpc) is 2.25. The van der Waals surface area contributed by atoms with E-state index < -0.39 is 0 Å². The summed E-state index contributed by atoms with van der Waals surface area (Å²) in [6.45, 7) is 2.13. The summed E-state index contributed by atoms with van der Waals surface area (Å²) >= 11 is 3.44. The lowest BCUT2D eigenvalue weighted by Crippen LogP contribution is -1.98. The smallest absolute Gasteiger partial charge is 0.189 e. The first-order valence-corrected chi connectivity index (χ1v) is 6.65. The first-order chi connectivity index (χ1) is 7.27. The molecule has 0 atom stereocenters. The molecular weight excluding hydrogens is 228 g/mol. The van der Waals surface area contributed by atoms with Crippen LogP contribution in [0.3, 0.4) is 0 Å². The summed E-state index contributed by atoms with van der Waals surface area (Å²) in [6.07, 6.45) is 1.47. The van der Waals surface area contributed by atoms with Gasteiger partial charge in [0.05, 0.1) is 6.20 Å². The summed E-state index contributed by atoms with van der Waals surface area (Å²) in [7, 11) is 0. The minimum atomic E-state index is 0.262. The lowest BCUT2D eigenvalue weighted by molar-refractivity contribution is 0.970. The van der Waals surface area contributed by atoms with E-state index in [-0.39, 0.29) is 5.82 Å². The zero-order valence-corrected chi connectivity index (χ0v) is 10.1. The first kappa shape index (κ1) is 12.1. The van der Waals surface area contributed by atoms with E-state index in [1.807, 2.05) is 17.8 Å². The molecule has 0 saturated carbocycles. The molecule has 0 fully saturated rings. The van der Waals surface area contributed by atoms with Crippen LogP contribution < -0.4 is 5.73 Å². The van der Waals surface area contributed by atoms with Crippen molar-refractivity contribution in [1.82, 2.24) is 9.97 Å². The van der Waals surface area contributed by atoms with Crippen LogP contribution in [-0.4, -0.2) is 27.2 Å². The third-order valence-corrected chi connectivity index (χ3v) is 3.60. The highest BCUT2D eigenvalue weighted by Crippen LogP contribution is 2.17. The minimum absolute atomic E-state index is 0.262. The number of aromatic nitrogens is 2. The molecule has 1 aromatic heterocycles. The third-order valence-electron chi connectivity index (χ3n) is 1.58. The number of rotatable bonds is 5. The topological polar surface area (TPSA) is 75.6 Å². The summed E-state index contributed by atoms with van der Waals surface area (Å²) in [4.78, 5) is 8.09. The maximum Gasteiger partial charge on any atom is 0.189 e. The van der Waals surface area contributed by atoms with Crippen molar-refractivity contribution < 1.29 is 0 Å². The fourth-order valence-electron chi connectivity index (χ4n) is 0.870. The molecule has 0 aliphatic carbocycles. The van der Waals surface area contributed by atoms with Gasteiger partial charge < -0.3 is 5.73 Å². The molecule has 1 heterocycles. The highest BCUT2D eigenvalue weighted by molar-refractivity contribution is 8.02. The molecule has 4 nitrogen and oxygen atoms in total. The predicted octanol–water partition coefficient (Wildman–Crippen LogP) is 1.78. The predicted molar refractivity (Wildman–Crippen MR) is 64.9 cm³/mol.